The fourth-order valence-electron chi connectivity index (χ4n) is 5.38. The molecular formula is C36H72NO8P. The summed E-state index contributed by atoms with van der Waals surface area (Å²) < 4.78 is 26.5. The van der Waals surface area contributed by atoms with Crippen molar-refractivity contribution in [2.45, 2.75) is 193 Å². The summed E-state index contributed by atoms with van der Waals surface area (Å²) in [6.45, 7) is 3.39. The third-order valence-electron chi connectivity index (χ3n) is 8.29. The maximum Gasteiger partial charge on any atom is 0.472 e. The first-order chi connectivity index (χ1) is 22.3. The average Bonchev–Trinajstić information content (AvgIpc) is 3.03. The number of rotatable bonds is 36. The summed E-state index contributed by atoms with van der Waals surface area (Å²) in [6.07, 6.45) is 31.2. The molecule has 0 fully saturated rings. The van der Waals surface area contributed by atoms with E-state index in [9.17, 15) is 24.2 Å². The summed E-state index contributed by atoms with van der Waals surface area (Å²) in [5.41, 5.74) is 0. The number of phosphoric acid groups is 1. The van der Waals surface area contributed by atoms with Crippen molar-refractivity contribution in [3.63, 3.8) is 0 Å². The number of aliphatic hydroxyl groups excluding tert-OH is 1. The number of amides is 1. The van der Waals surface area contributed by atoms with E-state index in [4.69, 9.17) is 13.8 Å². The molecule has 0 radical (unpaired) electrons. The molecule has 0 saturated carbocycles. The second kappa shape index (κ2) is 33.9. The molecule has 9 nitrogen and oxygen atoms in total. The Morgan fingerprint density at radius 3 is 1.43 bits per heavy atom. The Morgan fingerprint density at radius 1 is 0.587 bits per heavy atom. The van der Waals surface area contributed by atoms with Crippen LogP contribution in [0.5, 0.6) is 0 Å². The van der Waals surface area contributed by atoms with Crippen molar-refractivity contribution in [1.82, 2.24) is 5.32 Å². The fourth-order valence-corrected chi connectivity index (χ4v) is 6.14. The van der Waals surface area contributed by atoms with Gasteiger partial charge in [-0.3, -0.25) is 18.6 Å². The predicted octanol–water partition coefficient (Wildman–Crippen LogP) is 9.71. The largest absolute Gasteiger partial charge is 0.472 e. The summed E-state index contributed by atoms with van der Waals surface area (Å²) in [5.74, 6) is -0.533. The Kier molecular flexibility index (Phi) is 33.2. The summed E-state index contributed by atoms with van der Waals surface area (Å²) in [7, 11) is -4.38. The number of carbonyl (C=O) groups is 2. The normalized spacial score (nSPS) is 13.4. The van der Waals surface area contributed by atoms with E-state index in [0.29, 0.717) is 12.8 Å². The minimum absolute atomic E-state index is 0.0819. The molecule has 0 aromatic rings. The number of aliphatic hydroxyl groups is 1. The number of unbranched alkanes of at least 4 members (excludes halogenated alkanes) is 23. The van der Waals surface area contributed by atoms with Gasteiger partial charge in [0.2, 0.25) is 5.91 Å². The van der Waals surface area contributed by atoms with Gasteiger partial charge in [0.15, 0.2) is 0 Å². The molecule has 46 heavy (non-hydrogen) atoms. The Bertz CT molecular complexity index is 739. The van der Waals surface area contributed by atoms with E-state index < -0.39 is 26.5 Å². The summed E-state index contributed by atoms with van der Waals surface area (Å²) in [5, 5.41) is 12.5. The molecule has 3 N–H and O–H groups in total. The first kappa shape index (κ1) is 45.0. The second-order valence-corrected chi connectivity index (χ2v) is 14.4. The molecule has 0 bridgehead atoms. The highest BCUT2D eigenvalue weighted by atomic mass is 31.2. The van der Waals surface area contributed by atoms with Crippen LogP contribution in [-0.2, 0) is 27.9 Å². The van der Waals surface area contributed by atoms with E-state index in [1.54, 1.807) is 0 Å². The molecule has 0 heterocycles. The zero-order valence-corrected chi connectivity index (χ0v) is 30.7. The molecule has 274 valence electrons. The predicted molar refractivity (Wildman–Crippen MR) is 188 cm³/mol. The molecule has 0 aliphatic heterocycles. The lowest BCUT2D eigenvalue weighted by Gasteiger charge is -2.15. The maximum atomic E-state index is 11.9. The van der Waals surface area contributed by atoms with Crippen LogP contribution in [0.4, 0.5) is 0 Å². The zero-order chi connectivity index (χ0) is 34.0. The number of phosphoric ester groups is 1. The molecule has 0 aromatic heterocycles. The van der Waals surface area contributed by atoms with Gasteiger partial charge in [-0.25, -0.2) is 4.57 Å². The second-order valence-electron chi connectivity index (χ2n) is 12.9. The minimum atomic E-state index is -4.38. The van der Waals surface area contributed by atoms with Crippen molar-refractivity contribution >= 4 is 19.7 Å². The number of hydrogen-bond acceptors (Lipinski definition) is 7. The van der Waals surface area contributed by atoms with Crippen LogP contribution in [0.2, 0.25) is 0 Å². The van der Waals surface area contributed by atoms with Gasteiger partial charge >= 0.3 is 13.8 Å². The molecule has 0 aromatic carbocycles. The summed E-state index contributed by atoms with van der Waals surface area (Å²) >= 11 is 0. The molecule has 2 unspecified atom stereocenters. The number of carbonyl (C=O) groups excluding carboxylic acids is 2. The summed E-state index contributed by atoms with van der Waals surface area (Å²) in [6, 6.07) is 0. The third-order valence-corrected chi connectivity index (χ3v) is 9.27. The highest BCUT2D eigenvalue weighted by molar-refractivity contribution is 7.47. The monoisotopic (exact) mass is 677 g/mol. The molecule has 1 amide bonds. The van der Waals surface area contributed by atoms with Gasteiger partial charge in [-0.2, -0.15) is 0 Å². The van der Waals surface area contributed by atoms with Gasteiger partial charge in [0, 0.05) is 19.4 Å². The minimum Gasteiger partial charge on any atom is -0.463 e. The van der Waals surface area contributed by atoms with E-state index in [2.05, 4.69) is 19.2 Å². The highest BCUT2D eigenvalue weighted by Gasteiger charge is 2.23. The summed E-state index contributed by atoms with van der Waals surface area (Å²) in [4.78, 5) is 33.2. The number of ether oxygens (including phenoxy) is 1. The Hall–Kier alpha value is -0.990. The van der Waals surface area contributed by atoms with E-state index in [-0.39, 0.29) is 25.7 Å². The lowest BCUT2D eigenvalue weighted by atomic mass is 10.0. The van der Waals surface area contributed by atoms with E-state index >= 15 is 0 Å². The highest BCUT2D eigenvalue weighted by Crippen LogP contribution is 2.42. The topological polar surface area (TPSA) is 131 Å². The third kappa shape index (κ3) is 34.3. The van der Waals surface area contributed by atoms with Crippen LogP contribution < -0.4 is 5.32 Å². The number of hydrogen-bond donors (Lipinski definition) is 3. The van der Waals surface area contributed by atoms with Crippen molar-refractivity contribution in [1.29, 1.82) is 0 Å². The number of esters is 1. The molecular weight excluding hydrogens is 605 g/mol. The Morgan fingerprint density at radius 2 is 0.978 bits per heavy atom. The lowest BCUT2D eigenvalue weighted by molar-refractivity contribution is -0.147. The van der Waals surface area contributed by atoms with E-state index in [0.717, 1.165) is 38.5 Å². The van der Waals surface area contributed by atoms with Crippen LogP contribution in [0.25, 0.3) is 0 Å². The van der Waals surface area contributed by atoms with Crippen molar-refractivity contribution in [2.24, 2.45) is 0 Å². The van der Waals surface area contributed by atoms with Crippen LogP contribution in [0.1, 0.15) is 187 Å². The first-order valence-electron chi connectivity index (χ1n) is 19.0. The molecule has 2 atom stereocenters. The van der Waals surface area contributed by atoms with Crippen LogP contribution >= 0.6 is 7.82 Å². The Balaban J connectivity index is 3.46. The quantitative estimate of drug-likeness (QED) is 0.0339. The van der Waals surface area contributed by atoms with Crippen molar-refractivity contribution < 1.29 is 37.9 Å². The van der Waals surface area contributed by atoms with Gasteiger partial charge in [0.05, 0.1) is 13.2 Å². The van der Waals surface area contributed by atoms with Gasteiger partial charge < -0.3 is 20.1 Å². The van der Waals surface area contributed by atoms with Gasteiger partial charge in [-0.1, -0.05) is 162 Å². The van der Waals surface area contributed by atoms with Crippen molar-refractivity contribution in [3.8, 4) is 0 Å². The molecule has 10 heteroatoms. The number of nitrogens with one attached hydrogen (secondary N) is 1. The average molecular weight is 678 g/mol. The molecule has 0 aliphatic carbocycles. The lowest BCUT2D eigenvalue weighted by Crippen LogP contribution is -2.27. The fraction of sp³-hybridized carbons (Fsp3) is 0.944. The smallest absolute Gasteiger partial charge is 0.463 e. The standard InChI is InChI=1S/C36H72NO8P/c1-3-5-7-8-9-10-11-12-13-14-15-16-17-18-19-20-21-22-23-24-25-27-29-36(40)43-32-34(38)33-45-46(41,42)44-31-30-37-35(39)28-26-6-4-2/h34,38H,3-33H2,1-2H3,(H,37,39)(H,41,42). The van der Waals surface area contributed by atoms with Gasteiger partial charge in [0.25, 0.3) is 0 Å². The van der Waals surface area contributed by atoms with Crippen molar-refractivity contribution in [2.75, 3.05) is 26.4 Å². The molecule has 0 aliphatic rings. The van der Waals surface area contributed by atoms with Crippen LogP contribution in [0.15, 0.2) is 0 Å². The van der Waals surface area contributed by atoms with Crippen LogP contribution in [0.3, 0.4) is 0 Å². The zero-order valence-electron chi connectivity index (χ0n) is 29.8. The Labute approximate surface area is 282 Å². The van der Waals surface area contributed by atoms with Crippen molar-refractivity contribution in [3.05, 3.63) is 0 Å². The van der Waals surface area contributed by atoms with Crippen LogP contribution in [-0.4, -0.2) is 54.3 Å². The van der Waals surface area contributed by atoms with E-state index in [1.807, 2.05) is 0 Å². The SMILES string of the molecule is CCCCCCCCCCCCCCCCCCCCCCCCC(=O)OCC(O)COP(=O)(O)OCCNC(=O)CCCCC. The molecule has 0 rings (SSSR count). The van der Waals surface area contributed by atoms with Gasteiger partial charge in [-0.05, 0) is 12.8 Å². The van der Waals surface area contributed by atoms with Gasteiger partial charge in [-0.15, -0.1) is 0 Å². The van der Waals surface area contributed by atoms with E-state index in [1.165, 1.54) is 122 Å². The molecule has 0 spiro atoms. The first-order valence-corrected chi connectivity index (χ1v) is 20.5. The van der Waals surface area contributed by atoms with Crippen LogP contribution in [0, 0.1) is 0 Å². The van der Waals surface area contributed by atoms with Gasteiger partial charge in [0.1, 0.15) is 12.7 Å². The maximum absolute atomic E-state index is 11.9. The molecule has 0 saturated heterocycles.